The molecule has 1 N–H and O–H groups in total. The van der Waals surface area contributed by atoms with Crippen molar-refractivity contribution in [3.05, 3.63) is 48.1 Å². The summed E-state index contributed by atoms with van der Waals surface area (Å²) in [7, 11) is 0. The van der Waals surface area contributed by atoms with Crippen molar-refractivity contribution < 1.29 is 22.4 Å². The lowest BCUT2D eigenvalue weighted by atomic mass is 10.1. The maximum absolute atomic E-state index is 13.3. The van der Waals surface area contributed by atoms with Crippen LogP contribution in [-0.2, 0) is 0 Å². The van der Waals surface area contributed by atoms with E-state index in [2.05, 4.69) is 20.4 Å². The number of alkyl halides is 3. The van der Waals surface area contributed by atoms with Crippen molar-refractivity contribution in [3.8, 4) is 11.3 Å². The third kappa shape index (κ3) is 3.08. The van der Waals surface area contributed by atoms with E-state index in [1.54, 1.807) is 25.1 Å². The first-order valence-corrected chi connectivity index (χ1v) is 9.38. The Labute approximate surface area is 167 Å². The fraction of sp³-hybridized carbons (Fsp3) is 0.300. The molecule has 4 aromatic rings. The number of halogens is 3. The lowest BCUT2D eigenvalue weighted by Crippen LogP contribution is -2.47. The summed E-state index contributed by atoms with van der Waals surface area (Å²) in [5.41, 5.74) is 3.41. The lowest BCUT2D eigenvalue weighted by molar-refractivity contribution is -0.158. The molecule has 1 fully saturated rings. The number of amides is 1. The van der Waals surface area contributed by atoms with E-state index in [4.69, 9.17) is 4.42 Å². The number of carbonyl (C=O) groups excluding carboxylic acids is 1. The number of rotatable bonds is 4. The maximum Gasteiger partial charge on any atom is 0.408 e. The summed E-state index contributed by atoms with van der Waals surface area (Å²) in [4.78, 5) is 21.1. The zero-order chi connectivity index (χ0) is 21.0. The number of hydrogen-bond donors (Lipinski definition) is 1. The Morgan fingerprint density at radius 2 is 2.10 bits per heavy atom. The number of carbonyl (C=O) groups is 1. The number of benzene rings is 1. The maximum atomic E-state index is 13.3. The molecule has 1 aliphatic rings. The van der Waals surface area contributed by atoms with Crippen LogP contribution in [0.2, 0.25) is 0 Å². The van der Waals surface area contributed by atoms with Crippen molar-refractivity contribution in [2.24, 2.45) is 5.92 Å². The van der Waals surface area contributed by atoms with Gasteiger partial charge >= 0.3 is 6.18 Å². The topological polar surface area (TPSA) is 85.3 Å². The van der Waals surface area contributed by atoms with Crippen LogP contribution in [0, 0.1) is 12.8 Å². The number of aryl methyl sites for hydroxylation is 1. The van der Waals surface area contributed by atoms with Crippen molar-refractivity contribution >= 4 is 22.7 Å². The summed E-state index contributed by atoms with van der Waals surface area (Å²) >= 11 is 0. The molecule has 3 heterocycles. The molecular formula is C20H16F3N5O2. The van der Waals surface area contributed by atoms with Gasteiger partial charge in [-0.05, 0) is 43.4 Å². The normalized spacial score (nSPS) is 15.6. The van der Waals surface area contributed by atoms with E-state index < -0.39 is 24.0 Å². The summed E-state index contributed by atoms with van der Waals surface area (Å²) in [5, 5.41) is 6.60. The van der Waals surface area contributed by atoms with Crippen LogP contribution in [-0.4, -0.2) is 37.7 Å². The largest absolute Gasteiger partial charge is 0.443 e. The highest BCUT2D eigenvalue weighted by molar-refractivity contribution is 5.94. The van der Waals surface area contributed by atoms with Gasteiger partial charge in [0.1, 0.15) is 11.6 Å². The molecule has 30 heavy (non-hydrogen) atoms. The van der Waals surface area contributed by atoms with Gasteiger partial charge in [0.25, 0.3) is 5.91 Å². The zero-order valence-corrected chi connectivity index (χ0v) is 15.8. The van der Waals surface area contributed by atoms with Gasteiger partial charge in [-0.1, -0.05) is 12.1 Å². The first-order valence-electron chi connectivity index (χ1n) is 9.38. The molecule has 5 rings (SSSR count). The number of imidazole rings is 1. The van der Waals surface area contributed by atoms with Gasteiger partial charge in [0, 0.05) is 5.56 Å². The van der Waals surface area contributed by atoms with E-state index >= 15 is 0 Å². The number of fused-ring (bicyclic) bond motifs is 2. The van der Waals surface area contributed by atoms with E-state index in [0.717, 1.165) is 0 Å². The number of nitrogens with one attached hydrogen (secondary N) is 1. The van der Waals surface area contributed by atoms with Gasteiger partial charge in [0.2, 0.25) is 0 Å². The van der Waals surface area contributed by atoms with Crippen molar-refractivity contribution in [1.82, 2.24) is 24.9 Å². The predicted octanol–water partition coefficient (Wildman–Crippen LogP) is 3.92. The van der Waals surface area contributed by atoms with Crippen LogP contribution in [0.3, 0.4) is 0 Å². The van der Waals surface area contributed by atoms with Crippen LogP contribution in [0.15, 0.2) is 41.3 Å². The van der Waals surface area contributed by atoms with Gasteiger partial charge in [-0.2, -0.15) is 18.3 Å². The average molecular weight is 415 g/mol. The molecule has 1 amide bonds. The van der Waals surface area contributed by atoms with E-state index in [-0.39, 0.29) is 5.69 Å². The van der Waals surface area contributed by atoms with Crippen LogP contribution in [0.5, 0.6) is 0 Å². The van der Waals surface area contributed by atoms with E-state index in [0.29, 0.717) is 46.4 Å². The van der Waals surface area contributed by atoms with E-state index in [9.17, 15) is 18.0 Å². The average Bonchev–Trinajstić information content (AvgIpc) is 3.23. The minimum atomic E-state index is -4.51. The van der Waals surface area contributed by atoms with Crippen molar-refractivity contribution in [2.45, 2.75) is 32.0 Å². The second kappa shape index (κ2) is 6.54. The Bertz CT molecular complexity index is 1270. The van der Waals surface area contributed by atoms with Crippen LogP contribution in [0.4, 0.5) is 13.2 Å². The number of para-hydroxylation sites is 1. The van der Waals surface area contributed by atoms with Gasteiger partial charge < -0.3 is 9.73 Å². The second-order valence-electron chi connectivity index (χ2n) is 7.43. The molecule has 0 radical (unpaired) electrons. The molecular weight excluding hydrogens is 399 g/mol. The minimum Gasteiger partial charge on any atom is -0.443 e. The first-order chi connectivity index (χ1) is 14.3. The fourth-order valence-electron chi connectivity index (χ4n) is 3.61. The highest BCUT2D eigenvalue weighted by Crippen LogP contribution is 2.40. The van der Waals surface area contributed by atoms with E-state index in [1.165, 1.54) is 17.1 Å². The van der Waals surface area contributed by atoms with Gasteiger partial charge in [-0.3, -0.25) is 4.79 Å². The van der Waals surface area contributed by atoms with Gasteiger partial charge in [0.05, 0.1) is 11.9 Å². The van der Waals surface area contributed by atoms with E-state index in [1.807, 2.05) is 6.07 Å². The Balaban J connectivity index is 1.57. The Kier molecular flexibility index (Phi) is 4.05. The number of aromatic nitrogens is 4. The zero-order valence-electron chi connectivity index (χ0n) is 15.8. The number of hydrogen-bond acceptors (Lipinski definition) is 5. The number of nitrogens with zero attached hydrogens (tertiary/aromatic N) is 4. The monoisotopic (exact) mass is 415 g/mol. The molecule has 1 atom stereocenters. The predicted molar refractivity (Wildman–Crippen MR) is 101 cm³/mol. The molecule has 0 aliphatic heterocycles. The van der Waals surface area contributed by atoms with Gasteiger partial charge in [-0.15, -0.1) is 0 Å². The Morgan fingerprint density at radius 1 is 1.30 bits per heavy atom. The smallest absolute Gasteiger partial charge is 0.408 e. The summed E-state index contributed by atoms with van der Waals surface area (Å²) in [6.45, 7) is 1.79. The third-order valence-electron chi connectivity index (χ3n) is 5.25. The van der Waals surface area contributed by atoms with Crippen LogP contribution >= 0.6 is 0 Å². The Hall–Kier alpha value is -3.43. The molecule has 0 saturated heterocycles. The van der Waals surface area contributed by atoms with Crippen molar-refractivity contribution in [1.29, 1.82) is 0 Å². The molecule has 0 spiro atoms. The highest BCUT2D eigenvalue weighted by atomic mass is 19.4. The molecule has 154 valence electrons. The molecule has 10 heteroatoms. The van der Waals surface area contributed by atoms with Crippen molar-refractivity contribution in [2.75, 3.05) is 0 Å². The molecule has 7 nitrogen and oxygen atoms in total. The lowest BCUT2D eigenvalue weighted by Gasteiger charge is -2.21. The molecule has 1 aromatic carbocycles. The summed E-state index contributed by atoms with van der Waals surface area (Å²) in [6.07, 6.45) is -1.05. The number of oxazole rings is 1. The van der Waals surface area contributed by atoms with Crippen LogP contribution in [0.1, 0.15) is 28.9 Å². The van der Waals surface area contributed by atoms with Crippen molar-refractivity contribution in [3.63, 3.8) is 0 Å². The summed E-state index contributed by atoms with van der Waals surface area (Å²) in [6, 6.07) is 5.28. The summed E-state index contributed by atoms with van der Waals surface area (Å²) in [5.74, 6) is -1.44. The third-order valence-corrected chi connectivity index (χ3v) is 5.25. The Morgan fingerprint density at radius 3 is 2.83 bits per heavy atom. The molecule has 1 unspecified atom stereocenters. The fourth-order valence-corrected chi connectivity index (χ4v) is 3.61. The standard InChI is InChI=1S/C20H16F3N5O2/c1-10-7-13(12-3-2-4-15-16(12)25-9-30-15)27-28-14(8-24-18(10)28)19(29)26-17(11-5-6-11)20(21,22)23/h2-4,7-9,11,17H,5-6H2,1H3,(H,26,29). The molecule has 3 aromatic heterocycles. The quantitative estimate of drug-likeness (QED) is 0.546. The first kappa shape index (κ1) is 18.6. The van der Waals surface area contributed by atoms with Gasteiger partial charge in [-0.25, -0.2) is 14.5 Å². The second-order valence-corrected chi connectivity index (χ2v) is 7.43. The molecule has 1 saturated carbocycles. The van der Waals surface area contributed by atoms with Crippen LogP contribution in [0.25, 0.3) is 28.0 Å². The SMILES string of the molecule is Cc1cc(-c2cccc3ocnc23)nn2c(C(=O)NC(C3CC3)C(F)(F)F)cnc12. The van der Waals surface area contributed by atoms with Crippen LogP contribution < -0.4 is 5.32 Å². The summed E-state index contributed by atoms with van der Waals surface area (Å²) < 4.78 is 46.6. The highest BCUT2D eigenvalue weighted by Gasteiger charge is 2.49. The molecule has 1 aliphatic carbocycles. The minimum absolute atomic E-state index is 0.0582. The van der Waals surface area contributed by atoms with Gasteiger partial charge in [0.15, 0.2) is 23.3 Å². The molecule has 0 bridgehead atoms.